The molecule has 2 aromatic rings. The van der Waals surface area contributed by atoms with Gasteiger partial charge in [0.2, 0.25) is 0 Å². The van der Waals surface area contributed by atoms with Gasteiger partial charge in [-0.2, -0.15) is 0 Å². The molecule has 2 aromatic carbocycles. The second-order valence-corrected chi connectivity index (χ2v) is 8.19. The first-order valence-electron chi connectivity index (χ1n) is 9.75. The van der Waals surface area contributed by atoms with Crippen molar-refractivity contribution in [3.8, 4) is 11.5 Å². The van der Waals surface area contributed by atoms with Crippen LogP contribution in [0, 0.1) is 0 Å². The summed E-state index contributed by atoms with van der Waals surface area (Å²) >= 11 is 0. The lowest BCUT2D eigenvalue weighted by Gasteiger charge is -2.38. The van der Waals surface area contributed by atoms with E-state index in [1.165, 1.54) is 24.0 Å². The van der Waals surface area contributed by atoms with Crippen LogP contribution >= 0.6 is 0 Å². The summed E-state index contributed by atoms with van der Waals surface area (Å²) in [7, 11) is 1.64. The number of amides is 1. The molecule has 1 heterocycles. The van der Waals surface area contributed by atoms with Crippen LogP contribution in [-0.2, 0) is 12.8 Å². The molecule has 1 amide bonds. The molecule has 27 heavy (non-hydrogen) atoms. The second-order valence-electron chi connectivity index (χ2n) is 8.19. The number of hydrogen-bond donors (Lipinski definition) is 1. The van der Waals surface area contributed by atoms with E-state index in [0.29, 0.717) is 0 Å². The molecule has 0 bridgehead atoms. The fourth-order valence-corrected chi connectivity index (χ4v) is 4.20. The van der Waals surface area contributed by atoms with Gasteiger partial charge < -0.3 is 14.8 Å². The van der Waals surface area contributed by atoms with Gasteiger partial charge in [-0.3, -0.25) is 4.79 Å². The van der Waals surface area contributed by atoms with E-state index in [0.717, 1.165) is 41.9 Å². The Morgan fingerprint density at radius 1 is 1.11 bits per heavy atom. The molecule has 1 N–H and O–H groups in total. The molecule has 1 unspecified atom stereocenters. The maximum atomic E-state index is 13.0. The highest BCUT2D eigenvalue weighted by Gasteiger charge is 2.35. The van der Waals surface area contributed by atoms with Crippen LogP contribution in [0.3, 0.4) is 0 Å². The summed E-state index contributed by atoms with van der Waals surface area (Å²) in [6.07, 6.45) is 5.38. The zero-order valence-corrected chi connectivity index (χ0v) is 16.3. The molecule has 0 saturated heterocycles. The third-order valence-electron chi connectivity index (χ3n) is 5.59. The van der Waals surface area contributed by atoms with Gasteiger partial charge in [0.15, 0.2) is 0 Å². The number of fused-ring (bicyclic) bond motifs is 2. The summed E-state index contributed by atoms with van der Waals surface area (Å²) in [5.41, 5.74) is 4.11. The number of benzene rings is 2. The maximum Gasteiger partial charge on any atom is 0.251 e. The minimum atomic E-state index is -0.354. The highest BCUT2D eigenvalue weighted by atomic mass is 16.5. The van der Waals surface area contributed by atoms with Crippen LogP contribution in [0.1, 0.15) is 66.2 Å². The molecule has 4 heteroatoms. The van der Waals surface area contributed by atoms with Crippen LogP contribution < -0.4 is 14.8 Å². The van der Waals surface area contributed by atoms with Crippen molar-refractivity contribution in [1.29, 1.82) is 0 Å². The lowest BCUT2D eigenvalue weighted by molar-refractivity contribution is 0.0617. The van der Waals surface area contributed by atoms with Gasteiger partial charge in [0, 0.05) is 23.6 Å². The molecule has 0 aromatic heterocycles. The van der Waals surface area contributed by atoms with E-state index in [9.17, 15) is 4.79 Å². The Balaban J connectivity index is 1.59. The summed E-state index contributed by atoms with van der Waals surface area (Å²) in [5, 5.41) is 3.23. The first kappa shape index (κ1) is 17.9. The molecule has 142 valence electrons. The first-order valence-corrected chi connectivity index (χ1v) is 9.75. The number of hydrogen-bond acceptors (Lipinski definition) is 3. The van der Waals surface area contributed by atoms with Gasteiger partial charge >= 0.3 is 0 Å². The fraction of sp³-hybridized carbons (Fsp3) is 0.435. The van der Waals surface area contributed by atoms with Gasteiger partial charge in [-0.15, -0.1) is 0 Å². The van der Waals surface area contributed by atoms with Crippen molar-refractivity contribution in [2.24, 2.45) is 0 Å². The Morgan fingerprint density at radius 2 is 1.89 bits per heavy atom. The van der Waals surface area contributed by atoms with E-state index in [-0.39, 0.29) is 17.6 Å². The van der Waals surface area contributed by atoms with Gasteiger partial charge in [0.05, 0.1) is 13.2 Å². The molecule has 1 aliphatic heterocycles. The van der Waals surface area contributed by atoms with Crippen molar-refractivity contribution < 1.29 is 14.3 Å². The topological polar surface area (TPSA) is 47.6 Å². The minimum Gasteiger partial charge on any atom is -0.497 e. The standard InChI is InChI=1S/C23H27NO3/c1-23(2)14-20(19-11-10-18(26-3)13-21(19)27-23)24-22(25)17-9-8-15-6-4-5-7-16(15)12-17/h8-13,20H,4-7,14H2,1-3H3,(H,24,25). The normalized spacial score (nSPS) is 20.0. The molecule has 0 spiro atoms. The lowest BCUT2D eigenvalue weighted by Crippen LogP contribution is -2.41. The Kier molecular flexibility index (Phi) is 4.58. The smallest absolute Gasteiger partial charge is 0.251 e. The average molecular weight is 365 g/mol. The van der Waals surface area contributed by atoms with Crippen molar-refractivity contribution in [3.63, 3.8) is 0 Å². The number of rotatable bonds is 3. The van der Waals surface area contributed by atoms with E-state index < -0.39 is 0 Å². The zero-order valence-electron chi connectivity index (χ0n) is 16.3. The number of carbonyl (C=O) groups excluding carboxylic acids is 1. The third-order valence-corrected chi connectivity index (χ3v) is 5.59. The molecule has 4 nitrogen and oxygen atoms in total. The van der Waals surface area contributed by atoms with E-state index in [1.54, 1.807) is 7.11 Å². The summed E-state index contributed by atoms with van der Waals surface area (Å²) in [6, 6.07) is 11.9. The highest BCUT2D eigenvalue weighted by molar-refractivity contribution is 5.94. The second kappa shape index (κ2) is 6.91. The van der Waals surface area contributed by atoms with Crippen LogP contribution in [0.25, 0.3) is 0 Å². The van der Waals surface area contributed by atoms with Crippen LogP contribution in [0.5, 0.6) is 11.5 Å². The van der Waals surface area contributed by atoms with Crippen LogP contribution in [0.15, 0.2) is 36.4 Å². The highest BCUT2D eigenvalue weighted by Crippen LogP contribution is 2.41. The van der Waals surface area contributed by atoms with Crippen molar-refractivity contribution in [3.05, 3.63) is 58.7 Å². The van der Waals surface area contributed by atoms with Gasteiger partial charge in [0.1, 0.15) is 17.1 Å². The summed E-state index contributed by atoms with van der Waals surface area (Å²) < 4.78 is 11.4. The first-order chi connectivity index (χ1) is 12.9. The van der Waals surface area contributed by atoms with E-state index in [2.05, 4.69) is 17.4 Å². The van der Waals surface area contributed by atoms with E-state index in [4.69, 9.17) is 9.47 Å². The average Bonchev–Trinajstić information content (AvgIpc) is 2.66. The van der Waals surface area contributed by atoms with Crippen molar-refractivity contribution in [2.75, 3.05) is 7.11 Å². The molecule has 0 saturated carbocycles. The van der Waals surface area contributed by atoms with Gasteiger partial charge in [-0.1, -0.05) is 6.07 Å². The molecular weight excluding hydrogens is 338 g/mol. The van der Waals surface area contributed by atoms with Crippen LogP contribution in [0.2, 0.25) is 0 Å². The number of carbonyl (C=O) groups is 1. The van der Waals surface area contributed by atoms with Crippen molar-refractivity contribution in [1.82, 2.24) is 5.32 Å². The van der Waals surface area contributed by atoms with Gasteiger partial charge in [-0.25, -0.2) is 0 Å². The van der Waals surface area contributed by atoms with E-state index in [1.807, 2.05) is 38.1 Å². The molecule has 1 aliphatic carbocycles. The fourth-order valence-electron chi connectivity index (χ4n) is 4.20. The predicted octanol–water partition coefficient (Wildman–Crippen LogP) is 4.61. The van der Waals surface area contributed by atoms with E-state index >= 15 is 0 Å². The van der Waals surface area contributed by atoms with Crippen LogP contribution in [-0.4, -0.2) is 18.6 Å². The summed E-state index contributed by atoms with van der Waals surface area (Å²) in [6.45, 7) is 4.10. The molecular formula is C23H27NO3. The number of methoxy groups -OCH3 is 1. The lowest BCUT2D eigenvalue weighted by atomic mass is 9.88. The zero-order chi connectivity index (χ0) is 19.0. The molecule has 4 rings (SSSR count). The Labute approximate surface area is 160 Å². The quantitative estimate of drug-likeness (QED) is 0.864. The van der Waals surface area contributed by atoms with Gasteiger partial charge in [0.25, 0.3) is 5.91 Å². The number of nitrogens with one attached hydrogen (secondary N) is 1. The number of ether oxygens (including phenoxy) is 2. The summed E-state index contributed by atoms with van der Waals surface area (Å²) in [4.78, 5) is 13.0. The minimum absolute atomic E-state index is 0.0205. The largest absolute Gasteiger partial charge is 0.497 e. The predicted molar refractivity (Wildman–Crippen MR) is 106 cm³/mol. The third kappa shape index (κ3) is 3.66. The Hall–Kier alpha value is -2.49. The molecule has 2 aliphatic rings. The molecule has 0 radical (unpaired) electrons. The monoisotopic (exact) mass is 365 g/mol. The van der Waals surface area contributed by atoms with Crippen molar-refractivity contribution >= 4 is 5.91 Å². The Bertz CT molecular complexity index is 872. The number of aryl methyl sites for hydroxylation is 2. The SMILES string of the molecule is COc1ccc2c(c1)OC(C)(C)CC2NC(=O)c1ccc2c(c1)CCCC2. The Morgan fingerprint density at radius 3 is 2.67 bits per heavy atom. The maximum absolute atomic E-state index is 13.0. The molecule has 1 atom stereocenters. The van der Waals surface area contributed by atoms with Crippen molar-refractivity contribution in [2.45, 2.75) is 57.6 Å². The van der Waals surface area contributed by atoms with Crippen LogP contribution in [0.4, 0.5) is 0 Å². The summed E-state index contributed by atoms with van der Waals surface area (Å²) in [5.74, 6) is 1.51. The van der Waals surface area contributed by atoms with Gasteiger partial charge in [-0.05, 0) is 74.9 Å². The molecule has 0 fully saturated rings.